The van der Waals surface area contributed by atoms with E-state index < -0.39 is 5.91 Å². The molecule has 0 fully saturated rings. The number of aromatic hydroxyl groups is 2. The van der Waals surface area contributed by atoms with Crippen molar-refractivity contribution in [2.75, 3.05) is 6.54 Å². The number of rotatable bonds is 6. The lowest BCUT2D eigenvalue weighted by molar-refractivity contribution is -0.125. The van der Waals surface area contributed by atoms with Gasteiger partial charge in [0.05, 0.1) is 19.2 Å². The van der Waals surface area contributed by atoms with Crippen LogP contribution < -0.4 is 10.7 Å². The molecule has 7 heteroatoms. The topological polar surface area (TPSA) is 111 Å². The van der Waals surface area contributed by atoms with E-state index in [1.807, 2.05) is 30.3 Å². The molecule has 24 heavy (non-hydrogen) atoms. The Bertz CT molecular complexity index is 745. The van der Waals surface area contributed by atoms with E-state index in [9.17, 15) is 14.7 Å². The maximum absolute atomic E-state index is 11.7. The molecule has 0 spiro atoms. The van der Waals surface area contributed by atoms with E-state index in [-0.39, 0.29) is 30.4 Å². The summed E-state index contributed by atoms with van der Waals surface area (Å²) < 4.78 is 0. The number of amides is 2. The number of hydrazone groups is 1. The predicted octanol–water partition coefficient (Wildman–Crippen LogP) is 0.907. The molecule has 2 aromatic rings. The van der Waals surface area contributed by atoms with Crippen molar-refractivity contribution in [1.29, 1.82) is 0 Å². The van der Waals surface area contributed by atoms with Crippen molar-refractivity contribution in [3.05, 3.63) is 59.7 Å². The Morgan fingerprint density at radius 3 is 2.50 bits per heavy atom. The molecule has 2 aromatic carbocycles. The molecular weight excluding hydrogens is 310 g/mol. The van der Waals surface area contributed by atoms with Gasteiger partial charge >= 0.3 is 0 Å². The summed E-state index contributed by atoms with van der Waals surface area (Å²) in [7, 11) is 0. The smallest absolute Gasteiger partial charge is 0.259 e. The molecule has 0 unspecified atom stereocenters. The van der Waals surface area contributed by atoms with Crippen molar-refractivity contribution in [2.45, 2.75) is 6.42 Å². The van der Waals surface area contributed by atoms with Gasteiger partial charge in [-0.3, -0.25) is 9.59 Å². The first-order valence-corrected chi connectivity index (χ1v) is 7.19. The van der Waals surface area contributed by atoms with Gasteiger partial charge in [-0.25, -0.2) is 5.43 Å². The zero-order valence-corrected chi connectivity index (χ0v) is 12.8. The number of hydrogen-bond donors (Lipinski definition) is 4. The molecule has 124 valence electrons. The van der Waals surface area contributed by atoms with Gasteiger partial charge in [0, 0.05) is 11.6 Å². The lowest BCUT2D eigenvalue weighted by atomic mass is 10.1. The van der Waals surface area contributed by atoms with Crippen molar-refractivity contribution in [3.8, 4) is 11.5 Å². The maximum atomic E-state index is 11.7. The monoisotopic (exact) mass is 327 g/mol. The molecule has 7 nitrogen and oxygen atoms in total. The van der Waals surface area contributed by atoms with Crippen LogP contribution in [0.3, 0.4) is 0 Å². The third-order valence-corrected chi connectivity index (χ3v) is 3.06. The predicted molar refractivity (Wildman–Crippen MR) is 88.7 cm³/mol. The number of carbonyl (C=O) groups is 2. The average Bonchev–Trinajstić information content (AvgIpc) is 2.56. The highest BCUT2D eigenvalue weighted by molar-refractivity contribution is 5.87. The van der Waals surface area contributed by atoms with Crippen LogP contribution in [0.15, 0.2) is 53.6 Å². The molecule has 0 atom stereocenters. The summed E-state index contributed by atoms with van der Waals surface area (Å²) in [5.41, 5.74) is 3.43. The third kappa shape index (κ3) is 5.45. The normalized spacial score (nSPS) is 10.5. The van der Waals surface area contributed by atoms with Gasteiger partial charge in [-0.15, -0.1) is 0 Å². The maximum Gasteiger partial charge on any atom is 0.259 e. The second-order valence-corrected chi connectivity index (χ2v) is 4.98. The first-order chi connectivity index (χ1) is 11.5. The second-order valence-electron chi connectivity index (χ2n) is 4.98. The van der Waals surface area contributed by atoms with Gasteiger partial charge in [0.2, 0.25) is 5.91 Å². The van der Waals surface area contributed by atoms with Crippen LogP contribution in [0.1, 0.15) is 11.1 Å². The van der Waals surface area contributed by atoms with Crippen LogP contribution >= 0.6 is 0 Å². The molecule has 0 saturated heterocycles. The van der Waals surface area contributed by atoms with E-state index in [0.29, 0.717) is 5.56 Å². The van der Waals surface area contributed by atoms with Crippen LogP contribution in [0.25, 0.3) is 0 Å². The highest BCUT2D eigenvalue weighted by atomic mass is 16.3. The Hall–Kier alpha value is -3.35. The Morgan fingerprint density at radius 1 is 1.04 bits per heavy atom. The molecule has 0 heterocycles. The van der Waals surface area contributed by atoms with Crippen LogP contribution in [0, 0.1) is 0 Å². The fourth-order valence-corrected chi connectivity index (χ4v) is 1.88. The minimum atomic E-state index is -0.495. The molecular formula is C17H17N3O4. The quantitative estimate of drug-likeness (QED) is 0.467. The average molecular weight is 327 g/mol. The number of hydrogen-bond acceptors (Lipinski definition) is 5. The molecule has 0 aliphatic carbocycles. The lowest BCUT2D eigenvalue weighted by Gasteiger charge is -2.04. The molecule has 0 radical (unpaired) electrons. The molecule has 4 N–H and O–H groups in total. The lowest BCUT2D eigenvalue weighted by Crippen LogP contribution is -2.35. The second kappa shape index (κ2) is 8.33. The van der Waals surface area contributed by atoms with Crippen molar-refractivity contribution in [1.82, 2.24) is 10.7 Å². The van der Waals surface area contributed by atoms with Gasteiger partial charge < -0.3 is 15.5 Å². The molecule has 0 aromatic heterocycles. The number of nitrogens with one attached hydrogen (secondary N) is 2. The Labute approximate surface area is 138 Å². The Kier molecular flexibility index (Phi) is 5.90. The minimum Gasteiger partial charge on any atom is -0.508 e. The summed E-state index contributed by atoms with van der Waals surface area (Å²) in [6.07, 6.45) is 1.43. The van der Waals surface area contributed by atoms with Crippen LogP contribution in [0.2, 0.25) is 0 Å². The van der Waals surface area contributed by atoms with Gasteiger partial charge in [-0.2, -0.15) is 5.10 Å². The van der Waals surface area contributed by atoms with E-state index in [2.05, 4.69) is 15.8 Å². The number of benzene rings is 2. The summed E-state index contributed by atoms with van der Waals surface area (Å²) in [6, 6.07) is 13.2. The van der Waals surface area contributed by atoms with Crippen molar-refractivity contribution in [3.63, 3.8) is 0 Å². The number of phenols is 2. The summed E-state index contributed by atoms with van der Waals surface area (Å²) >= 11 is 0. The Morgan fingerprint density at radius 2 is 1.79 bits per heavy atom. The molecule has 0 saturated carbocycles. The SMILES string of the molecule is O=C(Cc1ccccc1)NCC(=O)N/N=C\c1ccc(O)cc1O. The standard InChI is InChI=1S/C17H17N3O4/c21-14-7-6-13(15(22)9-14)10-19-20-17(24)11-18-16(23)8-12-4-2-1-3-5-12/h1-7,9-10,21-22H,8,11H2,(H,18,23)(H,20,24)/b19-10-. The van der Waals surface area contributed by atoms with Crippen LogP contribution in [0.5, 0.6) is 11.5 Å². The first-order valence-electron chi connectivity index (χ1n) is 7.19. The summed E-state index contributed by atoms with van der Waals surface area (Å²) in [4.78, 5) is 23.3. The van der Waals surface area contributed by atoms with E-state index in [1.165, 1.54) is 18.3 Å². The molecule has 0 aliphatic rings. The largest absolute Gasteiger partial charge is 0.508 e. The first kappa shape index (κ1) is 17.0. The third-order valence-electron chi connectivity index (χ3n) is 3.06. The summed E-state index contributed by atoms with van der Waals surface area (Å²) in [6.45, 7) is -0.204. The van der Waals surface area contributed by atoms with E-state index in [1.54, 1.807) is 0 Å². The van der Waals surface area contributed by atoms with Gasteiger partial charge in [-0.1, -0.05) is 30.3 Å². The molecule has 0 bridgehead atoms. The van der Waals surface area contributed by atoms with Crippen LogP contribution in [-0.4, -0.2) is 34.8 Å². The highest BCUT2D eigenvalue weighted by Gasteiger charge is 2.06. The fourth-order valence-electron chi connectivity index (χ4n) is 1.88. The van der Waals surface area contributed by atoms with Gasteiger partial charge in [0.1, 0.15) is 11.5 Å². The molecule has 0 aliphatic heterocycles. The van der Waals surface area contributed by atoms with Crippen molar-refractivity contribution in [2.24, 2.45) is 5.10 Å². The van der Waals surface area contributed by atoms with Gasteiger partial charge in [0.15, 0.2) is 0 Å². The minimum absolute atomic E-state index is 0.0742. The zero-order chi connectivity index (χ0) is 17.4. The Balaban J connectivity index is 1.75. The van der Waals surface area contributed by atoms with Gasteiger partial charge in [0.25, 0.3) is 5.91 Å². The molecule has 2 rings (SSSR count). The van der Waals surface area contributed by atoms with E-state index in [0.717, 1.165) is 11.6 Å². The van der Waals surface area contributed by atoms with E-state index >= 15 is 0 Å². The number of phenolic OH excluding ortho intramolecular Hbond substituents is 2. The summed E-state index contributed by atoms with van der Waals surface area (Å²) in [5, 5.41) is 24.9. The zero-order valence-electron chi connectivity index (χ0n) is 12.8. The fraction of sp³-hybridized carbons (Fsp3) is 0.118. The number of nitrogens with zero attached hydrogens (tertiary/aromatic N) is 1. The van der Waals surface area contributed by atoms with Crippen LogP contribution in [0.4, 0.5) is 0 Å². The summed E-state index contributed by atoms with van der Waals surface area (Å²) in [5.74, 6) is -0.999. The van der Waals surface area contributed by atoms with Crippen LogP contribution in [-0.2, 0) is 16.0 Å². The van der Waals surface area contributed by atoms with Gasteiger partial charge in [-0.05, 0) is 17.7 Å². The van der Waals surface area contributed by atoms with E-state index in [4.69, 9.17) is 5.11 Å². The van der Waals surface area contributed by atoms with Crippen molar-refractivity contribution >= 4 is 18.0 Å². The van der Waals surface area contributed by atoms with Crippen molar-refractivity contribution < 1.29 is 19.8 Å². The number of carbonyl (C=O) groups excluding carboxylic acids is 2. The highest BCUT2D eigenvalue weighted by Crippen LogP contribution is 2.20. The molecule has 2 amide bonds.